The number of benzene rings is 9. The monoisotopic (exact) mass is 851 g/mol. The maximum atomic E-state index is 5.25. The minimum absolute atomic E-state index is 0.0484. The highest BCUT2D eigenvalue weighted by molar-refractivity contribution is 7.26. The Morgan fingerprint density at radius 3 is 1.83 bits per heavy atom. The predicted octanol–water partition coefficient (Wildman–Crippen LogP) is 14.3. The molecular formula is C60H43N4S+. The maximum Gasteiger partial charge on any atom is 0.186 e. The van der Waals surface area contributed by atoms with Crippen LogP contribution in [0.5, 0.6) is 0 Å². The molecule has 2 unspecified atom stereocenters. The Bertz CT molecular complexity index is 3520. The lowest BCUT2D eigenvalue weighted by atomic mass is 9.94. The van der Waals surface area contributed by atoms with E-state index >= 15 is 0 Å². The van der Waals surface area contributed by atoms with Crippen LogP contribution in [0.25, 0.3) is 92.8 Å². The first-order valence-electron chi connectivity index (χ1n) is 22.2. The topological polar surface area (TPSA) is 54.4 Å². The van der Waals surface area contributed by atoms with Crippen LogP contribution in [0.2, 0.25) is 0 Å². The third-order valence-corrected chi connectivity index (χ3v) is 13.9. The van der Waals surface area contributed by atoms with Crippen molar-refractivity contribution in [1.82, 2.24) is 15.3 Å². The Morgan fingerprint density at radius 2 is 1.05 bits per heavy atom. The summed E-state index contributed by atoms with van der Waals surface area (Å²) in [5.74, 6) is 0.702. The molecule has 0 fully saturated rings. The molecular weight excluding hydrogens is 809 g/mol. The SMILES string of the molecule is C1=C(c2ccccc2)NC(c2ccc(-c3cc(-c4ccc(-c5nc(-c6ccccc6)cc(-c6cccc7ccccc67)n5)cc4)c4sc5ccccc5c4c3)cc2)[NH2+]C1c1ccccc1. The fraction of sp³-hybridized carbons (Fsp3) is 0.0333. The summed E-state index contributed by atoms with van der Waals surface area (Å²) < 4.78 is 2.57. The van der Waals surface area contributed by atoms with Gasteiger partial charge in [-0.3, -0.25) is 0 Å². The highest BCUT2D eigenvalue weighted by atomic mass is 32.1. The molecule has 1 aliphatic heterocycles. The average Bonchev–Trinajstić information content (AvgIpc) is 3.77. The number of aromatic nitrogens is 2. The Kier molecular flexibility index (Phi) is 9.90. The van der Waals surface area contributed by atoms with Gasteiger partial charge in [0.1, 0.15) is 6.04 Å². The summed E-state index contributed by atoms with van der Waals surface area (Å²) >= 11 is 1.86. The molecule has 11 aromatic rings. The van der Waals surface area contributed by atoms with Crippen molar-refractivity contribution in [1.29, 1.82) is 0 Å². The third-order valence-electron chi connectivity index (χ3n) is 12.7. The van der Waals surface area contributed by atoms with E-state index in [2.05, 4.69) is 235 Å². The van der Waals surface area contributed by atoms with E-state index in [4.69, 9.17) is 9.97 Å². The minimum Gasteiger partial charge on any atom is -0.332 e. The molecule has 9 aromatic carbocycles. The number of fused-ring (bicyclic) bond motifs is 4. The number of nitrogens with two attached hydrogens (primary N) is 1. The van der Waals surface area contributed by atoms with E-state index in [1.54, 1.807) is 0 Å². The second kappa shape index (κ2) is 16.6. The number of rotatable bonds is 8. The first kappa shape index (κ1) is 38.7. The van der Waals surface area contributed by atoms with Crippen LogP contribution in [0.4, 0.5) is 0 Å². The van der Waals surface area contributed by atoms with Crippen molar-refractivity contribution in [2.24, 2.45) is 0 Å². The molecule has 0 amide bonds. The van der Waals surface area contributed by atoms with Crippen molar-refractivity contribution < 1.29 is 5.32 Å². The van der Waals surface area contributed by atoms with E-state index in [1.807, 2.05) is 17.4 Å². The van der Waals surface area contributed by atoms with E-state index < -0.39 is 0 Å². The van der Waals surface area contributed by atoms with Crippen LogP contribution in [0, 0.1) is 0 Å². The molecule has 0 aliphatic carbocycles. The van der Waals surface area contributed by atoms with E-state index in [-0.39, 0.29) is 12.2 Å². The number of hydrogen-bond acceptors (Lipinski definition) is 4. The molecule has 1 aliphatic rings. The van der Waals surface area contributed by atoms with Gasteiger partial charge < -0.3 is 10.6 Å². The van der Waals surface area contributed by atoms with Crippen LogP contribution in [0.3, 0.4) is 0 Å². The van der Waals surface area contributed by atoms with E-state index in [1.165, 1.54) is 64.3 Å². The van der Waals surface area contributed by atoms with Crippen LogP contribution in [0.1, 0.15) is 28.9 Å². The lowest BCUT2D eigenvalue weighted by molar-refractivity contribution is -0.731. The van der Waals surface area contributed by atoms with Gasteiger partial charge >= 0.3 is 0 Å². The van der Waals surface area contributed by atoms with Gasteiger partial charge in [0.25, 0.3) is 0 Å². The van der Waals surface area contributed by atoms with E-state index in [0.29, 0.717) is 5.82 Å². The third kappa shape index (κ3) is 7.47. The van der Waals surface area contributed by atoms with Crippen molar-refractivity contribution in [3.63, 3.8) is 0 Å². The van der Waals surface area contributed by atoms with Crippen molar-refractivity contribution in [3.8, 4) is 56.2 Å². The smallest absolute Gasteiger partial charge is 0.186 e. The van der Waals surface area contributed by atoms with Crippen molar-refractivity contribution in [2.75, 3.05) is 0 Å². The van der Waals surface area contributed by atoms with Crippen LogP contribution in [0.15, 0.2) is 231 Å². The lowest BCUT2D eigenvalue weighted by Crippen LogP contribution is -2.89. The van der Waals surface area contributed by atoms with E-state index in [9.17, 15) is 0 Å². The number of nitrogens with one attached hydrogen (secondary N) is 1. The van der Waals surface area contributed by atoms with Crippen LogP contribution >= 0.6 is 11.3 Å². The van der Waals surface area contributed by atoms with Gasteiger partial charge in [0, 0.05) is 65.3 Å². The molecule has 5 heteroatoms. The van der Waals surface area contributed by atoms with Gasteiger partial charge in [-0.25, -0.2) is 9.97 Å². The molecule has 2 aromatic heterocycles. The Morgan fingerprint density at radius 1 is 0.415 bits per heavy atom. The average molecular weight is 852 g/mol. The zero-order chi connectivity index (χ0) is 43.1. The lowest BCUT2D eigenvalue weighted by Gasteiger charge is -2.30. The molecule has 0 saturated heterocycles. The molecule has 2 atom stereocenters. The summed E-state index contributed by atoms with van der Waals surface area (Å²) in [5, 5.41) is 11.2. The van der Waals surface area contributed by atoms with Crippen LogP contribution in [-0.2, 0) is 0 Å². The highest BCUT2D eigenvalue weighted by Crippen LogP contribution is 2.43. The molecule has 3 heterocycles. The van der Waals surface area contributed by atoms with Crippen molar-refractivity contribution in [3.05, 3.63) is 247 Å². The molecule has 65 heavy (non-hydrogen) atoms. The summed E-state index contributed by atoms with van der Waals surface area (Å²) in [7, 11) is 0. The summed E-state index contributed by atoms with van der Waals surface area (Å²) in [6.07, 6.45) is 2.40. The predicted molar refractivity (Wildman–Crippen MR) is 271 cm³/mol. The Hall–Kier alpha value is -7.96. The van der Waals surface area contributed by atoms with Gasteiger partial charge in [-0.15, -0.1) is 11.3 Å². The standard InChI is InChI=1S/C60H42N4S/c1-4-16-42(17-5-1)53-37-54(43-18-6-2-7-19-43)62-59(61-53)45-31-27-39(28-32-45)47-35-51(58-52(36-47)50-24-12-13-26-57(50)65-58)41-29-33-46(34-30-41)60-63-55(44-20-8-3-9-21-44)38-56(64-60)49-25-14-22-40-15-10-11-23-48(40)49/h1-38,53,59,61-62H/p+1. The molecule has 3 N–H and O–H groups in total. The number of nitrogens with zero attached hydrogens (tertiary/aromatic N) is 2. The van der Waals surface area contributed by atoms with Gasteiger partial charge in [0.05, 0.1) is 11.4 Å². The Labute approximate surface area is 382 Å². The normalized spacial score (nSPS) is 14.9. The summed E-state index contributed by atoms with van der Waals surface area (Å²) in [5.41, 5.74) is 14.6. The van der Waals surface area contributed by atoms with Gasteiger partial charge in [0.2, 0.25) is 0 Å². The molecule has 308 valence electrons. The zero-order valence-electron chi connectivity index (χ0n) is 35.5. The van der Waals surface area contributed by atoms with Crippen molar-refractivity contribution >= 4 is 48.0 Å². The van der Waals surface area contributed by atoms with Crippen LogP contribution < -0.4 is 10.6 Å². The van der Waals surface area contributed by atoms with Gasteiger partial charge in [-0.05, 0) is 57.3 Å². The molecule has 0 saturated carbocycles. The van der Waals surface area contributed by atoms with Crippen molar-refractivity contribution in [2.45, 2.75) is 12.2 Å². The Balaban J connectivity index is 0.915. The fourth-order valence-electron chi connectivity index (χ4n) is 9.39. The quantitative estimate of drug-likeness (QED) is 0.160. The van der Waals surface area contributed by atoms with Gasteiger partial charge in [-0.2, -0.15) is 0 Å². The van der Waals surface area contributed by atoms with Gasteiger partial charge in [0.15, 0.2) is 12.0 Å². The first-order valence-corrected chi connectivity index (χ1v) is 23.0. The molecule has 12 rings (SSSR count). The fourth-order valence-corrected chi connectivity index (χ4v) is 10.6. The summed E-state index contributed by atoms with van der Waals surface area (Å²) in [6.45, 7) is 0. The highest BCUT2D eigenvalue weighted by Gasteiger charge is 2.28. The zero-order valence-corrected chi connectivity index (χ0v) is 36.3. The molecule has 0 spiro atoms. The largest absolute Gasteiger partial charge is 0.332 e. The molecule has 0 radical (unpaired) electrons. The first-order chi connectivity index (χ1) is 32.2. The van der Waals surface area contributed by atoms with Crippen LogP contribution in [-0.4, -0.2) is 9.97 Å². The second-order valence-electron chi connectivity index (χ2n) is 16.8. The van der Waals surface area contributed by atoms with Gasteiger partial charge in [-0.1, -0.05) is 200 Å². The number of hydrogen-bond donors (Lipinski definition) is 2. The summed E-state index contributed by atoms with van der Waals surface area (Å²) in [4.78, 5) is 10.4. The van der Waals surface area contributed by atoms with E-state index in [0.717, 1.165) is 39.3 Å². The number of thiophene rings is 1. The number of quaternary nitrogens is 1. The maximum absolute atomic E-state index is 5.25. The molecule has 4 nitrogen and oxygen atoms in total. The summed E-state index contributed by atoms with van der Waals surface area (Å²) in [6, 6.07) is 80.6. The minimum atomic E-state index is 0.0484. The second-order valence-corrected chi connectivity index (χ2v) is 17.8. The molecule has 0 bridgehead atoms.